The standard InChI is InChI=1S/C23H23FN2O/c1-23(2,3)18-10-9-16(13-20(18)25)22(27)12-15-8-11-21(26-14-15)17-6-4-5-7-19(17)24/h4-11,13-14H,12,25H2,1-3H3. The Morgan fingerprint density at radius 3 is 2.41 bits per heavy atom. The summed E-state index contributed by atoms with van der Waals surface area (Å²) in [6.45, 7) is 6.26. The zero-order chi connectivity index (χ0) is 19.6. The third-order valence-corrected chi connectivity index (χ3v) is 4.52. The van der Waals surface area contributed by atoms with Gasteiger partial charge in [-0.3, -0.25) is 9.78 Å². The van der Waals surface area contributed by atoms with E-state index in [1.807, 2.05) is 12.1 Å². The fraction of sp³-hybridized carbons (Fsp3) is 0.217. The number of nitrogens with two attached hydrogens (primary N) is 1. The Balaban J connectivity index is 1.77. The first kappa shape index (κ1) is 18.8. The van der Waals surface area contributed by atoms with Gasteiger partial charge in [0.15, 0.2) is 5.78 Å². The van der Waals surface area contributed by atoms with Crippen LogP contribution in [0, 0.1) is 5.82 Å². The minimum Gasteiger partial charge on any atom is -0.398 e. The molecule has 0 fully saturated rings. The van der Waals surface area contributed by atoms with Crippen LogP contribution in [0.2, 0.25) is 0 Å². The summed E-state index contributed by atoms with van der Waals surface area (Å²) in [7, 11) is 0. The molecule has 2 aromatic carbocycles. The van der Waals surface area contributed by atoms with Crippen molar-refractivity contribution in [3.05, 3.63) is 83.3 Å². The maximum atomic E-state index is 13.9. The van der Waals surface area contributed by atoms with Crippen molar-refractivity contribution in [3.63, 3.8) is 0 Å². The van der Waals surface area contributed by atoms with Gasteiger partial charge < -0.3 is 5.73 Å². The van der Waals surface area contributed by atoms with Gasteiger partial charge in [0, 0.05) is 29.4 Å². The average molecular weight is 362 g/mol. The lowest BCUT2D eigenvalue weighted by Gasteiger charge is -2.21. The monoisotopic (exact) mass is 362 g/mol. The van der Waals surface area contributed by atoms with Gasteiger partial charge in [-0.2, -0.15) is 0 Å². The number of anilines is 1. The Labute approximate surface area is 159 Å². The second-order valence-corrected chi connectivity index (χ2v) is 7.68. The predicted octanol–water partition coefficient (Wildman–Crippen LogP) is 5.19. The number of nitrogens with zero attached hydrogens (tertiary/aromatic N) is 1. The van der Waals surface area contributed by atoms with Crippen LogP contribution in [-0.2, 0) is 11.8 Å². The Morgan fingerprint density at radius 1 is 1.07 bits per heavy atom. The minimum atomic E-state index is -0.316. The molecule has 0 bridgehead atoms. The Kier molecular flexibility index (Phi) is 5.08. The molecule has 0 aliphatic heterocycles. The van der Waals surface area contributed by atoms with Gasteiger partial charge in [-0.25, -0.2) is 4.39 Å². The van der Waals surface area contributed by atoms with E-state index >= 15 is 0 Å². The molecule has 4 heteroatoms. The van der Waals surface area contributed by atoms with Crippen molar-refractivity contribution in [2.24, 2.45) is 0 Å². The van der Waals surface area contributed by atoms with Crippen molar-refractivity contribution in [3.8, 4) is 11.3 Å². The van der Waals surface area contributed by atoms with Gasteiger partial charge in [0.1, 0.15) is 5.82 Å². The molecule has 0 unspecified atom stereocenters. The summed E-state index contributed by atoms with van der Waals surface area (Å²) in [6.07, 6.45) is 1.84. The van der Waals surface area contributed by atoms with Crippen LogP contribution in [-0.4, -0.2) is 10.8 Å². The van der Waals surface area contributed by atoms with Crippen LogP contribution in [0.3, 0.4) is 0 Å². The number of nitrogen functional groups attached to an aromatic ring is 1. The molecule has 3 rings (SSSR count). The van der Waals surface area contributed by atoms with E-state index in [9.17, 15) is 9.18 Å². The molecule has 2 N–H and O–H groups in total. The molecule has 0 aliphatic carbocycles. The summed E-state index contributed by atoms with van der Waals surface area (Å²) < 4.78 is 13.9. The van der Waals surface area contributed by atoms with Gasteiger partial charge in [0.25, 0.3) is 0 Å². The van der Waals surface area contributed by atoms with E-state index in [2.05, 4.69) is 25.8 Å². The van der Waals surface area contributed by atoms with E-state index in [4.69, 9.17) is 5.73 Å². The highest BCUT2D eigenvalue weighted by atomic mass is 19.1. The number of benzene rings is 2. The normalized spacial score (nSPS) is 11.4. The van der Waals surface area contributed by atoms with E-state index in [1.165, 1.54) is 6.07 Å². The van der Waals surface area contributed by atoms with E-state index in [0.29, 0.717) is 22.5 Å². The van der Waals surface area contributed by atoms with Crippen molar-refractivity contribution in [2.75, 3.05) is 5.73 Å². The minimum absolute atomic E-state index is 0.0254. The number of hydrogen-bond acceptors (Lipinski definition) is 3. The first-order chi connectivity index (χ1) is 12.8. The quantitative estimate of drug-likeness (QED) is 0.513. The largest absolute Gasteiger partial charge is 0.398 e. The van der Waals surface area contributed by atoms with Gasteiger partial charge in [-0.05, 0) is 40.8 Å². The molecule has 3 nitrogen and oxygen atoms in total. The molecule has 0 aliphatic rings. The van der Waals surface area contributed by atoms with Crippen molar-refractivity contribution in [1.82, 2.24) is 4.98 Å². The highest BCUT2D eigenvalue weighted by Crippen LogP contribution is 2.28. The summed E-state index contributed by atoms with van der Waals surface area (Å²) >= 11 is 0. The molecule has 3 aromatic rings. The molecule has 138 valence electrons. The number of pyridine rings is 1. The number of carbonyl (C=O) groups excluding carboxylic acids is 1. The molecule has 0 spiro atoms. The van der Waals surface area contributed by atoms with Crippen LogP contribution in [0.5, 0.6) is 0 Å². The number of carbonyl (C=O) groups is 1. The summed E-state index contributed by atoms with van der Waals surface area (Å²) in [6, 6.07) is 15.5. The summed E-state index contributed by atoms with van der Waals surface area (Å²) in [4.78, 5) is 16.9. The number of Topliss-reactive ketones (excluding diaryl/α,β-unsaturated/α-hetero) is 1. The number of rotatable bonds is 4. The van der Waals surface area contributed by atoms with Gasteiger partial charge in [-0.15, -0.1) is 0 Å². The molecule has 0 saturated carbocycles. The average Bonchev–Trinajstić information content (AvgIpc) is 2.62. The molecule has 0 saturated heterocycles. The second kappa shape index (κ2) is 7.31. The first-order valence-electron chi connectivity index (χ1n) is 8.89. The third kappa shape index (κ3) is 4.22. The smallest absolute Gasteiger partial charge is 0.167 e. The van der Waals surface area contributed by atoms with Crippen molar-refractivity contribution in [1.29, 1.82) is 0 Å². The first-order valence-corrected chi connectivity index (χ1v) is 8.89. The van der Waals surface area contributed by atoms with Crippen LogP contribution in [0.25, 0.3) is 11.3 Å². The van der Waals surface area contributed by atoms with Crippen LogP contribution in [0.4, 0.5) is 10.1 Å². The zero-order valence-electron chi connectivity index (χ0n) is 15.8. The third-order valence-electron chi connectivity index (χ3n) is 4.52. The van der Waals surface area contributed by atoms with E-state index in [-0.39, 0.29) is 23.4 Å². The van der Waals surface area contributed by atoms with Gasteiger partial charge in [-0.1, -0.05) is 51.1 Å². The van der Waals surface area contributed by atoms with Gasteiger partial charge in [0.05, 0.1) is 5.69 Å². The fourth-order valence-electron chi connectivity index (χ4n) is 3.06. The van der Waals surface area contributed by atoms with Crippen molar-refractivity contribution < 1.29 is 9.18 Å². The topological polar surface area (TPSA) is 56.0 Å². The second-order valence-electron chi connectivity index (χ2n) is 7.68. The number of ketones is 1. The maximum Gasteiger partial charge on any atom is 0.167 e. The highest BCUT2D eigenvalue weighted by molar-refractivity contribution is 5.98. The Morgan fingerprint density at radius 2 is 1.81 bits per heavy atom. The molecule has 27 heavy (non-hydrogen) atoms. The van der Waals surface area contributed by atoms with Gasteiger partial charge in [0.2, 0.25) is 0 Å². The molecule has 0 radical (unpaired) electrons. The van der Waals surface area contributed by atoms with E-state index in [1.54, 1.807) is 42.6 Å². The zero-order valence-corrected chi connectivity index (χ0v) is 15.8. The van der Waals surface area contributed by atoms with Crippen molar-refractivity contribution >= 4 is 11.5 Å². The highest BCUT2D eigenvalue weighted by Gasteiger charge is 2.18. The van der Waals surface area contributed by atoms with E-state index < -0.39 is 0 Å². The number of halogens is 1. The predicted molar refractivity (Wildman–Crippen MR) is 107 cm³/mol. The van der Waals surface area contributed by atoms with Crippen LogP contribution < -0.4 is 5.73 Å². The Bertz CT molecular complexity index is 972. The summed E-state index contributed by atoms with van der Waals surface area (Å²) in [5.41, 5.74) is 10.1. The molecule has 0 atom stereocenters. The molecular formula is C23H23FN2O. The molecule has 0 amide bonds. The lowest BCUT2D eigenvalue weighted by molar-refractivity contribution is 0.0993. The maximum absolute atomic E-state index is 13.9. The summed E-state index contributed by atoms with van der Waals surface area (Å²) in [5, 5.41) is 0. The lowest BCUT2D eigenvalue weighted by Crippen LogP contribution is -2.15. The van der Waals surface area contributed by atoms with Crippen molar-refractivity contribution in [2.45, 2.75) is 32.6 Å². The molecule has 1 heterocycles. The lowest BCUT2D eigenvalue weighted by atomic mass is 9.85. The van der Waals surface area contributed by atoms with Crippen LogP contribution in [0.1, 0.15) is 42.3 Å². The van der Waals surface area contributed by atoms with Gasteiger partial charge >= 0.3 is 0 Å². The van der Waals surface area contributed by atoms with E-state index in [0.717, 1.165) is 11.1 Å². The molecular weight excluding hydrogens is 339 g/mol. The Hall–Kier alpha value is -3.01. The number of aromatic nitrogens is 1. The molecule has 1 aromatic heterocycles. The van der Waals surface area contributed by atoms with Crippen LogP contribution >= 0.6 is 0 Å². The number of hydrogen-bond donors (Lipinski definition) is 1. The fourth-order valence-corrected chi connectivity index (χ4v) is 3.06. The summed E-state index contributed by atoms with van der Waals surface area (Å²) in [5.74, 6) is -0.342. The van der Waals surface area contributed by atoms with Crippen LogP contribution in [0.15, 0.2) is 60.8 Å². The SMILES string of the molecule is CC(C)(C)c1ccc(C(=O)Cc2ccc(-c3ccccc3F)nc2)cc1N.